The van der Waals surface area contributed by atoms with E-state index in [0.717, 1.165) is 5.19 Å². The molecule has 3 nitrogen and oxygen atoms in total. The van der Waals surface area contributed by atoms with E-state index in [1.165, 1.54) is 0 Å². The van der Waals surface area contributed by atoms with E-state index < -0.39 is 8.64 Å². The highest BCUT2D eigenvalue weighted by molar-refractivity contribution is 6.82. The highest BCUT2D eigenvalue weighted by Crippen LogP contribution is 1.88. The molecule has 0 aliphatic heterocycles. The second kappa shape index (κ2) is 3.29. The summed E-state index contributed by atoms with van der Waals surface area (Å²) in [6, 6.07) is 9.57. The molecule has 4 N–H and O–H groups in total. The Morgan fingerprint density at radius 3 is 2.18 bits per heavy atom. The van der Waals surface area contributed by atoms with Crippen molar-refractivity contribution >= 4 is 24.3 Å². The number of nitrogens with two attached hydrogens (primary N) is 2. The van der Waals surface area contributed by atoms with Gasteiger partial charge in [0.15, 0.2) is 0 Å². The fourth-order valence-electron chi connectivity index (χ4n) is 0.816. The van der Waals surface area contributed by atoms with Gasteiger partial charge in [-0.25, -0.2) is 0 Å². The zero-order valence-electron chi connectivity index (χ0n) is 6.45. The molecule has 1 aromatic carbocycles. The normalized spacial score (nSPS) is 11.8. The van der Waals surface area contributed by atoms with E-state index in [9.17, 15) is 0 Å². The van der Waals surface area contributed by atoms with Crippen LogP contribution in [0.3, 0.4) is 0 Å². The minimum atomic E-state index is -2.49. The van der Waals surface area contributed by atoms with Crippen molar-refractivity contribution in [3.8, 4) is 0 Å². The summed E-state index contributed by atoms with van der Waals surface area (Å²) < 4.78 is 5.16. The van der Waals surface area contributed by atoms with Crippen molar-refractivity contribution < 1.29 is 4.12 Å². The quantitative estimate of drug-likeness (QED) is 0.525. The van der Waals surface area contributed by atoms with Gasteiger partial charge in [-0.3, -0.25) is 0 Å². The largest absolute Gasteiger partial charge is 0.439 e. The maximum absolute atomic E-state index is 5.77. The van der Waals surface area contributed by atoms with Crippen LogP contribution in [0.15, 0.2) is 30.3 Å². The van der Waals surface area contributed by atoms with Gasteiger partial charge >= 0.3 is 8.64 Å². The van der Waals surface area contributed by atoms with Crippen molar-refractivity contribution in [2.45, 2.75) is 0 Å². The summed E-state index contributed by atoms with van der Waals surface area (Å²) in [7, 11) is -1.90. The molecule has 0 radical (unpaired) electrons. The monoisotopic (exact) mass is 184 g/mol. The average molecular weight is 184 g/mol. The minimum Gasteiger partial charge on any atom is -0.439 e. The summed E-state index contributed by atoms with van der Waals surface area (Å²) in [5, 5.41) is 12.5. The summed E-state index contributed by atoms with van der Waals surface area (Å²) in [5.41, 5.74) is 0. The van der Waals surface area contributed by atoms with E-state index in [1.807, 2.05) is 30.3 Å². The Balaban J connectivity index is 2.93. The summed E-state index contributed by atoms with van der Waals surface area (Å²) in [4.78, 5) is 0. The zero-order valence-corrected chi connectivity index (χ0v) is 9.45. The SMILES string of the molecule is N[Si](N)(O[SiH3])c1ccccc1. The first-order valence-corrected chi connectivity index (χ1v) is 6.23. The van der Waals surface area contributed by atoms with Crippen molar-refractivity contribution in [1.29, 1.82) is 0 Å². The number of hydrogen-bond acceptors (Lipinski definition) is 3. The fourth-order valence-corrected chi connectivity index (χ4v) is 2.47. The van der Waals surface area contributed by atoms with Gasteiger partial charge in [0.05, 0.1) is 0 Å². The van der Waals surface area contributed by atoms with Gasteiger partial charge in [-0.2, -0.15) is 0 Å². The van der Waals surface area contributed by atoms with Gasteiger partial charge in [-0.05, 0) is 5.19 Å². The van der Waals surface area contributed by atoms with Crippen molar-refractivity contribution in [2.75, 3.05) is 0 Å². The molecule has 0 atom stereocenters. The highest BCUT2D eigenvalue weighted by Gasteiger charge is 2.25. The summed E-state index contributed by atoms with van der Waals surface area (Å²) >= 11 is 0. The van der Waals surface area contributed by atoms with Gasteiger partial charge in [0, 0.05) is 0 Å². The average Bonchev–Trinajstić information content (AvgIpc) is 2.06. The lowest BCUT2D eigenvalue weighted by Crippen LogP contribution is -2.67. The smallest absolute Gasteiger partial charge is 0.370 e. The number of rotatable bonds is 2. The number of hydrogen-bond donors (Lipinski definition) is 2. The molecule has 0 aromatic heterocycles. The molecule has 0 fully saturated rings. The van der Waals surface area contributed by atoms with Gasteiger partial charge in [0.2, 0.25) is 0 Å². The molecule has 1 aromatic rings. The van der Waals surface area contributed by atoms with Crippen molar-refractivity contribution in [1.82, 2.24) is 0 Å². The zero-order chi connectivity index (χ0) is 8.32. The van der Waals surface area contributed by atoms with Crippen LogP contribution in [-0.2, 0) is 4.12 Å². The maximum atomic E-state index is 5.77. The van der Waals surface area contributed by atoms with Gasteiger partial charge < -0.3 is 14.9 Å². The predicted molar refractivity (Wildman–Crippen MR) is 51.2 cm³/mol. The molecule has 0 saturated heterocycles. The Morgan fingerprint density at radius 1 is 1.18 bits per heavy atom. The molecule has 0 heterocycles. The lowest BCUT2D eigenvalue weighted by atomic mass is 10.4. The second-order valence-electron chi connectivity index (χ2n) is 2.36. The molecule has 0 saturated carbocycles. The Hall–Kier alpha value is -0.466. The second-order valence-corrected chi connectivity index (χ2v) is 6.16. The third-order valence-corrected chi connectivity index (χ3v) is 5.50. The van der Waals surface area contributed by atoms with Crippen LogP contribution in [0.5, 0.6) is 0 Å². The van der Waals surface area contributed by atoms with Crippen molar-refractivity contribution in [3.05, 3.63) is 30.3 Å². The third-order valence-electron chi connectivity index (χ3n) is 1.56. The highest BCUT2D eigenvalue weighted by atomic mass is 28.4. The Labute approximate surface area is 70.2 Å². The molecule has 0 bridgehead atoms. The molecule has 0 unspecified atom stereocenters. The molecule has 0 amide bonds. The minimum absolute atomic E-state index is 0.594. The van der Waals surface area contributed by atoms with E-state index in [-0.39, 0.29) is 0 Å². The molecule has 0 aliphatic rings. The van der Waals surface area contributed by atoms with Gasteiger partial charge in [0.1, 0.15) is 10.5 Å². The number of benzene rings is 1. The van der Waals surface area contributed by atoms with Crippen LogP contribution in [-0.4, -0.2) is 19.1 Å². The van der Waals surface area contributed by atoms with Crippen LogP contribution in [0.2, 0.25) is 0 Å². The van der Waals surface area contributed by atoms with Crippen molar-refractivity contribution in [2.24, 2.45) is 10.8 Å². The molecular formula is C6H12N2OSi2. The van der Waals surface area contributed by atoms with E-state index in [0.29, 0.717) is 10.5 Å². The van der Waals surface area contributed by atoms with Crippen LogP contribution in [0.25, 0.3) is 0 Å². The van der Waals surface area contributed by atoms with E-state index in [2.05, 4.69) is 0 Å². The Kier molecular flexibility index (Phi) is 2.58. The summed E-state index contributed by atoms with van der Waals surface area (Å²) in [6.45, 7) is 0. The summed E-state index contributed by atoms with van der Waals surface area (Å²) in [6.07, 6.45) is 0. The van der Waals surface area contributed by atoms with Crippen LogP contribution >= 0.6 is 0 Å². The third kappa shape index (κ3) is 1.98. The Bertz CT molecular complexity index is 227. The van der Waals surface area contributed by atoms with Crippen molar-refractivity contribution in [3.63, 3.8) is 0 Å². The van der Waals surface area contributed by atoms with E-state index in [1.54, 1.807) is 0 Å². The Morgan fingerprint density at radius 2 is 1.73 bits per heavy atom. The molecule has 0 spiro atoms. The topological polar surface area (TPSA) is 61.3 Å². The first-order chi connectivity index (χ1) is 5.17. The van der Waals surface area contributed by atoms with E-state index in [4.69, 9.17) is 14.9 Å². The maximum Gasteiger partial charge on any atom is 0.370 e. The van der Waals surface area contributed by atoms with Gasteiger partial charge in [-0.15, -0.1) is 0 Å². The van der Waals surface area contributed by atoms with Gasteiger partial charge in [-0.1, -0.05) is 30.3 Å². The van der Waals surface area contributed by atoms with Crippen LogP contribution in [0.1, 0.15) is 0 Å². The lowest BCUT2D eigenvalue weighted by molar-refractivity contribution is 0.612. The van der Waals surface area contributed by atoms with Crippen LogP contribution in [0.4, 0.5) is 0 Å². The fraction of sp³-hybridized carbons (Fsp3) is 0. The molecule has 0 aliphatic carbocycles. The van der Waals surface area contributed by atoms with E-state index >= 15 is 0 Å². The summed E-state index contributed by atoms with van der Waals surface area (Å²) in [5.74, 6) is 0. The molecule has 5 heteroatoms. The molecular weight excluding hydrogens is 172 g/mol. The standard InChI is InChI=1S/C6H12N2OSi2/c7-11(8,9-10)6-4-2-1-3-5-6/h1-5H,7-8H2,10H3. The van der Waals surface area contributed by atoms with Gasteiger partial charge in [0.25, 0.3) is 0 Å². The lowest BCUT2D eigenvalue weighted by Gasteiger charge is -2.18. The van der Waals surface area contributed by atoms with Crippen LogP contribution in [0, 0.1) is 0 Å². The van der Waals surface area contributed by atoms with Crippen LogP contribution < -0.4 is 16.0 Å². The molecule has 1 rings (SSSR count). The first-order valence-electron chi connectivity index (χ1n) is 3.35. The molecule has 11 heavy (non-hydrogen) atoms. The predicted octanol–water partition coefficient (Wildman–Crippen LogP) is -1.95. The molecule has 60 valence electrons. The first kappa shape index (κ1) is 8.63.